The Hall–Kier alpha value is -3.33. The first-order valence-electron chi connectivity index (χ1n) is 13.2. The number of hydrogen-bond acceptors (Lipinski definition) is 3. The van der Waals surface area contributed by atoms with Crippen molar-refractivity contribution in [1.29, 1.82) is 0 Å². The lowest BCUT2D eigenvalue weighted by molar-refractivity contribution is -0.0980. The van der Waals surface area contributed by atoms with Crippen LogP contribution in [0.3, 0.4) is 0 Å². The lowest BCUT2D eigenvalue weighted by atomic mass is 9.72. The van der Waals surface area contributed by atoms with Gasteiger partial charge in [0.05, 0.1) is 6.61 Å². The van der Waals surface area contributed by atoms with E-state index in [2.05, 4.69) is 90.1 Å². The standard InChI is InChI=1S/C33H42O2.CH2O/c1-7-30(25-12-10-9-11-13-25)31(26-14-18-28(34)19-15-26)27-16-20-29(21-17-27)35-23-22-33(5,6)24-32(3,4)8-2;1-2/h9-21,34H,7-8,22-24H2,1-6H3;1H2/b31-30-;. The number of aromatic hydroxyl groups is 1. The van der Waals surface area contributed by atoms with Crippen LogP contribution < -0.4 is 4.74 Å². The van der Waals surface area contributed by atoms with E-state index in [0.717, 1.165) is 36.3 Å². The van der Waals surface area contributed by atoms with Crippen molar-refractivity contribution in [3.63, 3.8) is 0 Å². The first-order chi connectivity index (χ1) is 17.6. The van der Waals surface area contributed by atoms with Gasteiger partial charge in [-0.25, -0.2) is 0 Å². The summed E-state index contributed by atoms with van der Waals surface area (Å²) in [5, 5.41) is 9.84. The number of carbonyl (C=O) groups excluding carboxylic acids is 1. The van der Waals surface area contributed by atoms with Gasteiger partial charge < -0.3 is 14.6 Å². The topological polar surface area (TPSA) is 46.5 Å². The number of allylic oxidation sites excluding steroid dienone is 1. The van der Waals surface area contributed by atoms with Gasteiger partial charge in [0.1, 0.15) is 18.3 Å². The molecule has 0 bridgehead atoms. The molecule has 3 nitrogen and oxygen atoms in total. The van der Waals surface area contributed by atoms with Crippen LogP contribution in [0.4, 0.5) is 0 Å². The predicted molar refractivity (Wildman–Crippen MR) is 157 cm³/mol. The Kier molecular flexibility index (Phi) is 11.2. The van der Waals surface area contributed by atoms with Crippen molar-refractivity contribution in [2.24, 2.45) is 10.8 Å². The van der Waals surface area contributed by atoms with E-state index < -0.39 is 0 Å². The second-order valence-corrected chi connectivity index (χ2v) is 11.1. The molecule has 0 amide bonds. The molecule has 0 aromatic heterocycles. The summed E-state index contributed by atoms with van der Waals surface area (Å²) < 4.78 is 6.17. The molecule has 0 atom stereocenters. The van der Waals surface area contributed by atoms with Crippen LogP contribution in [0.1, 0.15) is 83.9 Å². The van der Waals surface area contributed by atoms with Gasteiger partial charge in [-0.3, -0.25) is 0 Å². The number of ether oxygens (including phenoxy) is 1. The lowest BCUT2D eigenvalue weighted by Crippen LogP contribution is -2.24. The van der Waals surface area contributed by atoms with Crippen LogP contribution in [0.2, 0.25) is 0 Å². The van der Waals surface area contributed by atoms with Crippen molar-refractivity contribution in [3.8, 4) is 11.5 Å². The summed E-state index contributed by atoms with van der Waals surface area (Å²) in [6, 6.07) is 26.5. The molecule has 0 spiro atoms. The zero-order chi connectivity index (χ0) is 27.5. The first kappa shape index (κ1) is 29.9. The van der Waals surface area contributed by atoms with Gasteiger partial charge in [-0.15, -0.1) is 0 Å². The second kappa shape index (κ2) is 13.8. The number of phenols is 1. The highest BCUT2D eigenvalue weighted by Gasteiger charge is 2.27. The van der Waals surface area contributed by atoms with Gasteiger partial charge in [0, 0.05) is 0 Å². The van der Waals surface area contributed by atoms with Crippen LogP contribution in [-0.2, 0) is 4.79 Å². The van der Waals surface area contributed by atoms with E-state index in [-0.39, 0.29) is 11.2 Å². The molecule has 0 aliphatic rings. The Morgan fingerprint density at radius 2 is 1.30 bits per heavy atom. The number of hydrogen-bond donors (Lipinski definition) is 1. The lowest BCUT2D eigenvalue weighted by Gasteiger charge is -2.34. The van der Waals surface area contributed by atoms with Gasteiger partial charge in [-0.05, 0) is 82.2 Å². The summed E-state index contributed by atoms with van der Waals surface area (Å²) in [6.07, 6.45) is 4.32. The molecule has 3 rings (SSSR count). The molecule has 0 radical (unpaired) electrons. The van der Waals surface area contributed by atoms with Crippen molar-refractivity contribution in [2.75, 3.05) is 6.61 Å². The molecule has 3 heteroatoms. The molecule has 0 aliphatic carbocycles. The minimum absolute atomic E-state index is 0.250. The third-order valence-corrected chi connectivity index (χ3v) is 7.04. The van der Waals surface area contributed by atoms with E-state index in [4.69, 9.17) is 9.53 Å². The van der Waals surface area contributed by atoms with Gasteiger partial charge in [-0.1, -0.05) is 103 Å². The van der Waals surface area contributed by atoms with Crippen LogP contribution in [0.5, 0.6) is 11.5 Å². The van der Waals surface area contributed by atoms with Crippen LogP contribution in [0, 0.1) is 10.8 Å². The summed E-state index contributed by atoms with van der Waals surface area (Å²) in [5.74, 6) is 1.18. The normalized spacial score (nSPS) is 12.3. The van der Waals surface area contributed by atoms with Crippen molar-refractivity contribution in [3.05, 3.63) is 95.6 Å². The molecule has 0 saturated carbocycles. The van der Waals surface area contributed by atoms with Crippen LogP contribution in [0.15, 0.2) is 78.9 Å². The van der Waals surface area contributed by atoms with E-state index >= 15 is 0 Å². The van der Waals surface area contributed by atoms with E-state index in [9.17, 15) is 5.11 Å². The molecule has 3 aromatic rings. The maximum Gasteiger partial charge on any atom is 0.119 e. The third-order valence-electron chi connectivity index (χ3n) is 7.04. The molecule has 0 saturated heterocycles. The van der Waals surface area contributed by atoms with Crippen LogP contribution >= 0.6 is 0 Å². The van der Waals surface area contributed by atoms with Crippen molar-refractivity contribution in [2.45, 2.75) is 67.2 Å². The van der Waals surface area contributed by atoms with Crippen LogP contribution in [0.25, 0.3) is 11.1 Å². The molecule has 0 heterocycles. The highest BCUT2D eigenvalue weighted by atomic mass is 16.5. The average molecular weight is 501 g/mol. The molecule has 0 fully saturated rings. The van der Waals surface area contributed by atoms with E-state index in [1.165, 1.54) is 29.6 Å². The molecule has 1 N–H and O–H groups in total. The quantitative estimate of drug-likeness (QED) is 0.267. The molecule has 37 heavy (non-hydrogen) atoms. The Labute approximate surface area is 224 Å². The Balaban J connectivity index is 0.00000235. The summed E-state index contributed by atoms with van der Waals surface area (Å²) in [5.41, 5.74) is 6.54. The van der Waals surface area contributed by atoms with E-state index in [1.54, 1.807) is 12.1 Å². The van der Waals surface area contributed by atoms with Gasteiger partial charge in [-0.2, -0.15) is 0 Å². The van der Waals surface area contributed by atoms with Gasteiger partial charge in [0.25, 0.3) is 0 Å². The number of phenolic OH excluding ortho intramolecular Hbond substituents is 1. The molecule has 198 valence electrons. The minimum Gasteiger partial charge on any atom is -0.508 e. The Bertz CT molecular complexity index is 1110. The van der Waals surface area contributed by atoms with Gasteiger partial charge >= 0.3 is 0 Å². The highest BCUT2D eigenvalue weighted by molar-refractivity contribution is 5.98. The zero-order valence-electron chi connectivity index (χ0n) is 23.5. The van der Waals surface area contributed by atoms with Gasteiger partial charge in [0.2, 0.25) is 0 Å². The fraction of sp³-hybridized carbons (Fsp3) is 0.382. The van der Waals surface area contributed by atoms with Crippen molar-refractivity contribution < 1.29 is 14.6 Å². The first-order valence-corrected chi connectivity index (χ1v) is 13.2. The molecule has 0 aliphatic heterocycles. The maximum absolute atomic E-state index is 9.84. The fourth-order valence-corrected chi connectivity index (χ4v) is 4.98. The second-order valence-electron chi connectivity index (χ2n) is 11.1. The highest BCUT2D eigenvalue weighted by Crippen LogP contribution is 2.39. The molecular weight excluding hydrogens is 456 g/mol. The Morgan fingerprint density at radius 1 is 0.757 bits per heavy atom. The van der Waals surface area contributed by atoms with Gasteiger partial charge in [0.15, 0.2) is 0 Å². The summed E-state index contributed by atoms with van der Waals surface area (Å²) in [4.78, 5) is 8.00. The number of carbonyl (C=O) groups is 1. The fourth-order valence-electron chi connectivity index (χ4n) is 4.98. The third kappa shape index (κ3) is 8.93. The zero-order valence-corrected chi connectivity index (χ0v) is 23.5. The summed E-state index contributed by atoms with van der Waals surface area (Å²) in [6.45, 7) is 16.6. The SMILES string of the molecule is C=O.CC/C(=C(\c1ccc(O)cc1)c1ccc(OCCC(C)(C)CC(C)(C)CC)cc1)c1ccccc1. The molecule has 0 unspecified atom stereocenters. The van der Waals surface area contributed by atoms with E-state index in [1.807, 2.05) is 25.0 Å². The smallest absolute Gasteiger partial charge is 0.119 e. The summed E-state index contributed by atoms with van der Waals surface area (Å²) in [7, 11) is 0. The predicted octanol–water partition coefficient (Wildman–Crippen LogP) is 9.20. The number of benzene rings is 3. The monoisotopic (exact) mass is 500 g/mol. The van der Waals surface area contributed by atoms with Crippen molar-refractivity contribution in [1.82, 2.24) is 0 Å². The number of rotatable bonds is 11. The largest absolute Gasteiger partial charge is 0.508 e. The molecule has 3 aromatic carbocycles. The summed E-state index contributed by atoms with van der Waals surface area (Å²) >= 11 is 0. The van der Waals surface area contributed by atoms with E-state index in [0.29, 0.717) is 5.41 Å². The maximum atomic E-state index is 9.84. The Morgan fingerprint density at radius 3 is 1.81 bits per heavy atom. The van der Waals surface area contributed by atoms with Crippen molar-refractivity contribution >= 4 is 17.9 Å². The van der Waals surface area contributed by atoms with Crippen LogP contribution in [-0.4, -0.2) is 18.5 Å². The minimum atomic E-state index is 0.250. The molecular formula is C34H44O3. The average Bonchev–Trinajstić information content (AvgIpc) is 2.89.